The molecule has 1 aliphatic rings. The predicted molar refractivity (Wildman–Crippen MR) is 99.6 cm³/mol. The van der Waals surface area contributed by atoms with Crippen molar-refractivity contribution in [3.05, 3.63) is 35.6 Å². The Bertz CT molecular complexity index is 623. The van der Waals surface area contributed by atoms with E-state index in [2.05, 4.69) is 5.32 Å². The molecule has 0 bridgehead atoms. The largest absolute Gasteiger partial charge is 0.352 e. The van der Waals surface area contributed by atoms with E-state index in [1.807, 2.05) is 33.8 Å². The molecule has 1 N–H and O–H groups in total. The van der Waals surface area contributed by atoms with Crippen LogP contribution in [0.1, 0.15) is 51.5 Å². The Labute approximate surface area is 153 Å². The van der Waals surface area contributed by atoms with E-state index in [-0.39, 0.29) is 29.0 Å². The lowest BCUT2D eigenvalue weighted by Crippen LogP contribution is -2.50. The van der Waals surface area contributed by atoms with Crippen molar-refractivity contribution in [2.24, 2.45) is 5.92 Å². The lowest BCUT2D eigenvalue weighted by molar-refractivity contribution is -0.140. The molecule has 1 aromatic rings. The summed E-state index contributed by atoms with van der Waals surface area (Å²) in [4.78, 5) is 27.1. The van der Waals surface area contributed by atoms with Gasteiger partial charge < -0.3 is 10.2 Å². The highest BCUT2D eigenvalue weighted by Crippen LogP contribution is 2.42. The summed E-state index contributed by atoms with van der Waals surface area (Å²) in [5.74, 6) is 0.322. The van der Waals surface area contributed by atoms with E-state index >= 15 is 0 Å². The molecular weight excluding hydrogens is 339 g/mol. The number of carbonyl (C=O) groups is 2. The zero-order chi connectivity index (χ0) is 18.6. The molecule has 1 heterocycles. The van der Waals surface area contributed by atoms with Gasteiger partial charge in [-0.2, -0.15) is 0 Å². The minimum Gasteiger partial charge on any atom is -0.352 e. The van der Waals surface area contributed by atoms with Gasteiger partial charge in [0.25, 0.3) is 0 Å². The minimum absolute atomic E-state index is 0.0360. The van der Waals surface area contributed by atoms with Crippen molar-refractivity contribution in [2.75, 3.05) is 5.75 Å². The van der Waals surface area contributed by atoms with E-state index in [1.165, 1.54) is 23.9 Å². The Hall–Kier alpha value is -1.56. The van der Waals surface area contributed by atoms with Crippen LogP contribution in [-0.4, -0.2) is 34.6 Å². The van der Waals surface area contributed by atoms with Crippen molar-refractivity contribution < 1.29 is 14.0 Å². The van der Waals surface area contributed by atoms with Crippen LogP contribution in [-0.2, 0) is 9.59 Å². The average Bonchev–Trinajstić information content (AvgIpc) is 3.00. The molecule has 2 amide bonds. The van der Waals surface area contributed by atoms with Gasteiger partial charge >= 0.3 is 0 Å². The second-order valence-corrected chi connectivity index (χ2v) is 7.96. The van der Waals surface area contributed by atoms with Gasteiger partial charge in [0.15, 0.2) is 0 Å². The second kappa shape index (κ2) is 8.70. The number of halogens is 1. The number of hydrogen-bond donors (Lipinski definition) is 1. The third-order valence-electron chi connectivity index (χ3n) is 4.56. The number of benzene rings is 1. The highest BCUT2D eigenvalue weighted by molar-refractivity contribution is 7.99. The summed E-state index contributed by atoms with van der Waals surface area (Å²) in [5.41, 5.74) is 0.724. The van der Waals surface area contributed by atoms with Gasteiger partial charge in [0.1, 0.15) is 17.2 Å². The highest BCUT2D eigenvalue weighted by Gasteiger charge is 2.42. The molecule has 1 aromatic carbocycles. The van der Waals surface area contributed by atoms with Crippen LogP contribution in [0.2, 0.25) is 0 Å². The van der Waals surface area contributed by atoms with Crippen LogP contribution >= 0.6 is 11.8 Å². The molecule has 25 heavy (non-hydrogen) atoms. The number of rotatable bonds is 6. The molecule has 4 nitrogen and oxygen atoms in total. The van der Waals surface area contributed by atoms with Gasteiger partial charge in [-0.05, 0) is 37.0 Å². The van der Waals surface area contributed by atoms with Crippen LogP contribution in [0.4, 0.5) is 4.39 Å². The first kappa shape index (κ1) is 19.8. The van der Waals surface area contributed by atoms with Gasteiger partial charge in [-0.1, -0.05) is 32.9 Å². The quantitative estimate of drug-likeness (QED) is 0.835. The molecule has 138 valence electrons. The van der Waals surface area contributed by atoms with Gasteiger partial charge in [-0.15, -0.1) is 11.8 Å². The first-order valence-corrected chi connectivity index (χ1v) is 9.88. The Balaban J connectivity index is 2.25. The molecule has 0 aromatic heterocycles. The molecule has 0 aliphatic carbocycles. The van der Waals surface area contributed by atoms with E-state index in [0.717, 1.165) is 5.56 Å². The monoisotopic (exact) mass is 366 g/mol. The summed E-state index contributed by atoms with van der Waals surface area (Å²) in [5, 5.41) is 2.69. The van der Waals surface area contributed by atoms with Crippen LogP contribution in [0.3, 0.4) is 0 Å². The normalized spacial score (nSPS) is 21.4. The number of thioether (sulfide) groups is 1. The van der Waals surface area contributed by atoms with E-state index in [4.69, 9.17) is 0 Å². The van der Waals surface area contributed by atoms with Crippen molar-refractivity contribution >= 4 is 23.6 Å². The van der Waals surface area contributed by atoms with E-state index in [9.17, 15) is 14.0 Å². The van der Waals surface area contributed by atoms with Gasteiger partial charge in [-0.25, -0.2) is 4.39 Å². The highest BCUT2D eigenvalue weighted by atomic mass is 32.2. The molecule has 0 saturated carbocycles. The van der Waals surface area contributed by atoms with Crippen LogP contribution in [0.15, 0.2) is 24.3 Å². The fraction of sp³-hybridized carbons (Fsp3) is 0.579. The van der Waals surface area contributed by atoms with Gasteiger partial charge in [0.2, 0.25) is 11.8 Å². The Morgan fingerprint density at radius 3 is 2.68 bits per heavy atom. The van der Waals surface area contributed by atoms with Crippen LogP contribution in [0, 0.1) is 11.7 Å². The first-order chi connectivity index (χ1) is 11.8. The SMILES string of the molecule is CCCC(=O)N1C(C(=O)NC(C)C(C)C)CSC1c1cccc(F)c1. The summed E-state index contributed by atoms with van der Waals surface area (Å²) in [6.45, 7) is 7.99. The minimum atomic E-state index is -0.515. The Kier molecular flexibility index (Phi) is 6.87. The number of hydrogen-bond acceptors (Lipinski definition) is 3. The molecule has 1 aliphatic heterocycles. The third-order valence-corrected chi connectivity index (χ3v) is 5.88. The van der Waals surface area contributed by atoms with Crippen LogP contribution in [0.5, 0.6) is 0 Å². The van der Waals surface area contributed by atoms with E-state index in [0.29, 0.717) is 24.5 Å². The van der Waals surface area contributed by atoms with Crippen LogP contribution < -0.4 is 5.32 Å². The summed E-state index contributed by atoms with van der Waals surface area (Å²) in [6, 6.07) is 5.80. The maximum atomic E-state index is 13.6. The van der Waals surface area contributed by atoms with Crippen molar-refractivity contribution in [3.63, 3.8) is 0 Å². The molecule has 3 atom stereocenters. The third kappa shape index (κ3) is 4.75. The molecule has 3 unspecified atom stereocenters. The standard InChI is InChI=1S/C19H27FN2O2S/c1-5-7-17(23)22-16(18(24)21-13(4)12(2)3)11-25-19(22)14-8-6-9-15(20)10-14/h6,8-10,12-13,16,19H,5,7,11H2,1-4H3,(H,21,24). The number of nitrogens with zero attached hydrogens (tertiary/aromatic N) is 1. The van der Waals surface area contributed by atoms with Crippen molar-refractivity contribution in [2.45, 2.75) is 58.0 Å². The van der Waals surface area contributed by atoms with Gasteiger partial charge in [0.05, 0.1) is 0 Å². The van der Waals surface area contributed by atoms with E-state index in [1.54, 1.807) is 11.0 Å². The molecule has 1 saturated heterocycles. The summed E-state index contributed by atoms with van der Waals surface area (Å²) in [6.07, 6.45) is 1.10. The zero-order valence-corrected chi connectivity index (χ0v) is 16.1. The van der Waals surface area contributed by atoms with Crippen molar-refractivity contribution in [1.82, 2.24) is 10.2 Å². The van der Waals surface area contributed by atoms with E-state index < -0.39 is 6.04 Å². The predicted octanol–water partition coefficient (Wildman–Crippen LogP) is 3.73. The number of amides is 2. The lowest BCUT2D eigenvalue weighted by atomic mass is 10.1. The molecule has 0 radical (unpaired) electrons. The van der Waals surface area contributed by atoms with Gasteiger partial charge in [0, 0.05) is 18.2 Å². The maximum Gasteiger partial charge on any atom is 0.243 e. The molecule has 2 rings (SSSR count). The van der Waals surface area contributed by atoms with Crippen molar-refractivity contribution in [1.29, 1.82) is 0 Å². The first-order valence-electron chi connectivity index (χ1n) is 8.83. The zero-order valence-electron chi connectivity index (χ0n) is 15.3. The summed E-state index contributed by atoms with van der Waals surface area (Å²) >= 11 is 1.52. The Morgan fingerprint density at radius 2 is 2.08 bits per heavy atom. The van der Waals surface area contributed by atoms with Crippen LogP contribution in [0.25, 0.3) is 0 Å². The second-order valence-electron chi connectivity index (χ2n) is 6.85. The average molecular weight is 367 g/mol. The summed E-state index contributed by atoms with van der Waals surface area (Å²) in [7, 11) is 0. The fourth-order valence-electron chi connectivity index (χ4n) is 2.76. The summed E-state index contributed by atoms with van der Waals surface area (Å²) < 4.78 is 13.6. The van der Waals surface area contributed by atoms with Gasteiger partial charge in [-0.3, -0.25) is 9.59 Å². The molecule has 6 heteroatoms. The topological polar surface area (TPSA) is 49.4 Å². The molecule has 1 fully saturated rings. The lowest BCUT2D eigenvalue weighted by Gasteiger charge is -2.30. The maximum absolute atomic E-state index is 13.6. The number of nitrogens with one attached hydrogen (secondary N) is 1. The molecular formula is C19H27FN2O2S. The molecule has 0 spiro atoms. The Morgan fingerprint density at radius 1 is 1.36 bits per heavy atom. The smallest absolute Gasteiger partial charge is 0.243 e. The fourth-order valence-corrected chi connectivity index (χ4v) is 4.20. The number of carbonyl (C=O) groups excluding carboxylic acids is 2. The van der Waals surface area contributed by atoms with Crippen molar-refractivity contribution in [3.8, 4) is 0 Å².